The highest BCUT2D eigenvalue weighted by molar-refractivity contribution is 6.33. The lowest BCUT2D eigenvalue weighted by Gasteiger charge is -2.43. The molecule has 10 N–H and O–H groups in total. The van der Waals surface area contributed by atoms with Crippen LogP contribution in [0.1, 0.15) is 138 Å². The van der Waals surface area contributed by atoms with E-state index in [9.17, 15) is 69.6 Å². The molecule has 412 valence electrons. The van der Waals surface area contributed by atoms with Crippen molar-refractivity contribution in [3.63, 3.8) is 0 Å². The third-order valence-corrected chi connectivity index (χ3v) is 16.1. The Morgan fingerprint density at radius 2 is 1.15 bits per heavy atom. The van der Waals surface area contributed by atoms with Gasteiger partial charge in [-0.2, -0.15) is 0 Å². The number of ether oxygens (including phenoxy) is 7. The first-order chi connectivity index (χ1) is 37.0. The average Bonchev–Trinajstić information content (AvgIpc) is 3.61. The van der Waals surface area contributed by atoms with E-state index >= 15 is 0 Å². The van der Waals surface area contributed by atoms with Crippen molar-refractivity contribution in [3.05, 3.63) is 103 Å². The van der Waals surface area contributed by atoms with Crippen LogP contribution in [0.5, 0.6) is 34.5 Å². The number of aliphatic hydroxyl groups is 4. The summed E-state index contributed by atoms with van der Waals surface area (Å²) in [4.78, 5) is 89.1. The SMILES string of the molecule is COc1cccc2c1C(=O)c1c(O)c3c(c(O)c1C2=O)CC(O)(C(=O)C=NC1CC(OC2CC(OC)(C(=O)CO)Cc4c(O)c5c(c(O)c42)C(=O)c2c(OC)cccc2C5=O)OC(C)C1O)CC3OC1CC(N)C(O)C(C)O1. The standard InChI is InChI=1S/C55H56N2O21/c1-20-44(61)26(56)12-34(75-20)77-30-16-54(71,14-24-38(30)52(69)42-40(48(24)65)46(63)22-8-6-10-28(72-3)36(22)50(42)67)32(59)18-57-27-13-35(76-21(2)45(27)62)78-31-17-55(74-5,33(60)19-58)15-25-39(31)53(70)43-41(49(25)66)47(64)23-9-7-11-29(73-4)37(23)51(43)68/h6-11,18,20-21,26-27,30-31,34-35,44-45,58,61-62,65-66,69-71H,12-17,19,56H2,1-5H3. The Morgan fingerprint density at radius 3 is 1.64 bits per heavy atom. The molecule has 2 fully saturated rings. The number of nitrogens with zero attached hydrogens (tertiary/aromatic N) is 1. The average molecular weight is 1080 g/mol. The predicted octanol–water partition coefficient (Wildman–Crippen LogP) is 1.79. The van der Waals surface area contributed by atoms with Gasteiger partial charge in [-0.3, -0.25) is 33.8 Å². The smallest absolute Gasteiger partial charge is 0.205 e. The lowest BCUT2D eigenvalue weighted by Crippen LogP contribution is -2.53. The van der Waals surface area contributed by atoms with E-state index in [1.807, 2.05) is 0 Å². The van der Waals surface area contributed by atoms with Crippen LogP contribution in [-0.4, -0.2) is 170 Å². The summed E-state index contributed by atoms with van der Waals surface area (Å²) in [5.74, 6) is -8.51. The topological polar surface area (TPSA) is 367 Å². The van der Waals surface area contributed by atoms with E-state index in [-0.39, 0.29) is 68.8 Å². The number of aliphatic imine (C=N–C) groups is 1. The Labute approximate surface area is 443 Å². The van der Waals surface area contributed by atoms with E-state index < -0.39 is 185 Å². The number of carbonyl (C=O) groups excluding carboxylic acids is 6. The second-order valence-corrected chi connectivity index (χ2v) is 20.5. The molecule has 23 nitrogen and oxygen atoms in total. The van der Waals surface area contributed by atoms with E-state index in [2.05, 4.69) is 4.99 Å². The maximum Gasteiger partial charge on any atom is 0.205 e. The van der Waals surface area contributed by atoms with Gasteiger partial charge in [0.25, 0.3) is 0 Å². The minimum absolute atomic E-state index is 0.0170. The number of phenolic OH excluding ortho intramolecular Hbond substituents is 4. The van der Waals surface area contributed by atoms with Gasteiger partial charge in [-0.15, -0.1) is 0 Å². The molecule has 2 heterocycles. The van der Waals surface area contributed by atoms with Crippen LogP contribution in [0.15, 0.2) is 41.4 Å². The van der Waals surface area contributed by atoms with Gasteiger partial charge < -0.3 is 79.7 Å². The zero-order chi connectivity index (χ0) is 56.2. The van der Waals surface area contributed by atoms with E-state index in [0.717, 1.165) is 6.21 Å². The van der Waals surface area contributed by atoms with Gasteiger partial charge in [0.2, 0.25) is 17.3 Å². The van der Waals surface area contributed by atoms with Crippen molar-refractivity contribution in [1.29, 1.82) is 0 Å². The van der Waals surface area contributed by atoms with Crippen LogP contribution >= 0.6 is 0 Å². The summed E-state index contributed by atoms with van der Waals surface area (Å²) in [6.45, 7) is 1.95. The quantitative estimate of drug-likeness (QED) is 0.0623. The third-order valence-electron chi connectivity index (χ3n) is 16.1. The predicted molar refractivity (Wildman–Crippen MR) is 266 cm³/mol. The third kappa shape index (κ3) is 8.38. The molecule has 4 aliphatic carbocycles. The number of nitrogens with two attached hydrogens (primary N) is 1. The molecule has 0 radical (unpaired) electrons. The maximum absolute atomic E-state index is 14.5. The molecule has 12 atom stereocenters. The summed E-state index contributed by atoms with van der Waals surface area (Å²) in [5, 5.41) is 92.7. The van der Waals surface area contributed by atoms with Crippen molar-refractivity contribution in [1.82, 2.24) is 0 Å². The first kappa shape index (κ1) is 54.3. The van der Waals surface area contributed by atoms with E-state index in [4.69, 9.17) is 38.9 Å². The van der Waals surface area contributed by atoms with Crippen molar-refractivity contribution in [2.45, 2.75) is 125 Å². The lowest BCUT2D eigenvalue weighted by molar-refractivity contribution is -0.247. The Morgan fingerprint density at radius 1 is 0.679 bits per heavy atom. The molecule has 0 spiro atoms. The second kappa shape index (κ2) is 20.0. The molecule has 6 aliphatic rings. The fourth-order valence-corrected chi connectivity index (χ4v) is 12.0. The van der Waals surface area contributed by atoms with Gasteiger partial charge in [-0.05, 0) is 26.0 Å². The van der Waals surface area contributed by atoms with Gasteiger partial charge in [0.1, 0.15) is 58.4 Å². The van der Waals surface area contributed by atoms with Crippen LogP contribution in [0.4, 0.5) is 0 Å². The van der Waals surface area contributed by atoms with Gasteiger partial charge in [0, 0.05) is 85.1 Å². The van der Waals surface area contributed by atoms with E-state index in [0.29, 0.717) is 0 Å². The largest absolute Gasteiger partial charge is 0.507 e. The highest BCUT2D eigenvalue weighted by Crippen LogP contribution is 2.55. The Kier molecular flexibility index (Phi) is 13.9. The first-order valence-electron chi connectivity index (χ1n) is 25.0. The molecule has 23 heteroatoms. The number of Topliss-reactive ketones (excluding diaryl/α,β-unsaturated/α-hetero) is 2. The highest BCUT2D eigenvalue weighted by Gasteiger charge is 2.53. The number of fused-ring (bicyclic) bond motifs is 6. The number of aliphatic hydroxyl groups excluding tert-OH is 3. The number of hydrogen-bond acceptors (Lipinski definition) is 23. The van der Waals surface area contributed by atoms with Crippen LogP contribution in [0.25, 0.3) is 0 Å². The summed E-state index contributed by atoms with van der Waals surface area (Å²) < 4.78 is 41.1. The molecule has 78 heavy (non-hydrogen) atoms. The molecule has 4 aromatic carbocycles. The molecular formula is C55H56N2O21. The molecular weight excluding hydrogens is 1020 g/mol. The normalized spacial score (nSPS) is 30.2. The highest BCUT2D eigenvalue weighted by atomic mass is 16.7. The zero-order valence-corrected chi connectivity index (χ0v) is 42.7. The number of benzene rings is 4. The first-order valence-corrected chi connectivity index (χ1v) is 25.0. The molecule has 0 amide bonds. The number of rotatable bonds is 12. The number of ketones is 6. The Bertz CT molecular complexity index is 3270. The molecule has 4 aromatic rings. The monoisotopic (exact) mass is 1080 g/mol. The van der Waals surface area contributed by atoms with Crippen LogP contribution in [0.2, 0.25) is 0 Å². The fourth-order valence-electron chi connectivity index (χ4n) is 12.0. The van der Waals surface area contributed by atoms with Crippen molar-refractivity contribution in [3.8, 4) is 34.5 Å². The maximum atomic E-state index is 14.5. The number of phenols is 4. The zero-order valence-electron chi connectivity index (χ0n) is 42.7. The van der Waals surface area contributed by atoms with Gasteiger partial charge in [0.05, 0.1) is 90.4 Å². The minimum atomic E-state index is -2.56. The molecule has 0 bridgehead atoms. The fraction of sp³-hybridized carbons (Fsp3) is 0.436. The molecule has 0 aromatic heterocycles. The van der Waals surface area contributed by atoms with Crippen molar-refractivity contribution in [2.24, 2.45) is 10.7 Å². The second-order valence-electron chi connectivity index (χ2n) is 20.5. The summed E-state index contributed by atoms with van der Waals surface area (Å²) in [5.41, 5.74) is -2.19. The molecule has 2 saturated heterocycles. The summed E-state index contributed by atoms with van der Waals surface area (Å²) in [6, 6.07) is 6.35. The van der Waals surface area contributed by atoms with Gasteiger partial charge in [-0.1, -0.05) is 24.3 Å². The minimum Gasteiger partial charge on any atom is -0.507 e. The van der Waals surface area contributed by atoms with Gasteiger partial charge in [0.15, 0.2) is 29.9 Å². The summed E-state index contributed by atoms with van der Waals surface area (Å²) >= 11 is 0. The summed E-state index contributed by atoms with van der Waals surface area (Å²) in [6.07, 6.45) is -12.4. The van der Waals surface area contributed by atoms with Gasteiger partial charge >= 0.3 is 0 Å². The molecule has 0 saturated carbocycles. The van der Waals surface area contributed by atoms with Crippen LogP contribution in [0, 0.1) is 0 Å². The number of methoxy groups -OCH3 is 3. The molecule has 12 unspecified atom stereocenters. The number of hydrogen-bond donors (Lipinski definition) is 9. The van der Waals surface area contributed by atoms with Crippen LogP contribution in [-0.2, 0) is 46.1 Å². The summed E-state index contributed by atoms with van der Waals surface area (Å²) in [7, 11) is 3.74. The van der Waals surface area contributed by atoms with Crippen molar-refractivity contribution in [2.75, 3.05) is 27.9 Å². The molecule has 10 rings (SSSR count). The van der Waals surface area contributed by atoms with E-state index in [1.165, 1.54) is 71.6 Å². The Hall–Kier alpha value is -7.03. The molecule has 2 aliphatic heterocycles. The number of carbonyl (C=O) groups is 6. The van der Waals surface area contributed by atoms with E-state index in [1.54, 1.807) is 0 Å². The lowest BCUT2D eigenvalue weighted by atomic mass is 9.71. The van der Waals surface area contributed by atoms with Crippen molar-refractivity contribution < 1.29 is 103 Å². The van der Waals surface area contributed by atoms with Crippen LogP contribution in [0.3, 0.4) is 0 Å². The number of aromatic hydroxyl groups is 4. The van der Waals surface area contributed by atoms with Gasteiger partial charge in [-0.25, -0.2) is 0 Å². The van der Waals surface area contributed by atoms with Crippen LogP contribution < -0.4 is 15.2 Å². The Balaban J connectivity index is 0.983. The van der Waals surface area contributed by atoms with Crippen molar-refractivity contribution >= 4 is 40.9 Å².